The van der Waals surface area contributed by atoms with Crippen molar-refractivity contribution in [1.29, 1.82) is 0 Å². The van der Waals surface area contributed by atoms with Gasteiger partial charge >= 0.3 is 0 Å². The molecule has 2 amide bonds. The van der Waals surface area contributed by atoms with Crippen molar-refractivity contribution in [3.8, 4) is 0 Å². The molecule has 3 aromatic carbocycles. The molecule has 1 aliphatic heterocycles. The van der Waals surface area contributed by atoms with Crippen LogP contribution < -0.4 is 5.32 Å². The van der Waals surface area contributed by atoms with Crippen LogP contribution in [-0.4, -0.2) is 33.3 Å². The van der Waals surface area contributed by atoms with Crippen LogP contribution in [0.1, 0.15) is 4.88 Å². The number of likely N-dealkylation sites (N-methyl/N-ethyl adjacent to an activating group) is 1. The van der Waals surface area contributed by atoms with Crippen LogP contribution in [0.3, 0.4) is 0 Å². The summed E-state index contributed by atoms with van der Waals surface area (Å²) in [7, 11) is 1.57. The van der Waals surface area contributed by atoms with Crippen LogP contribution in [-0.2, 0) is 9.59 Å². The monoisotopic (exact) mass is 465 g/mol. The van der Waals surface area contributed by atoms with Gasteiger partial charge in [-0.25, -0.2) is 0 Å². The molecule has 0 aliphatic carbocycles. The number of nitrogens with one attached hydrogen (secondary N) is 1. The third-order valence-electron chi connectivity index (χ3n) is 6.49. The third kappa shape index (κ3) is 2.38. The quantitative estimate of drug-likeness (QED) is 0.203. The van der Waals surface area contributed by atoms with E-state index in [4.69, 9.17) is 12.2 Å². The lowest BCUT2D eigenvalue weighted by Crippen LogP contribution is -2.52. The van der Waals surface area contributed by atoms with Crippen LogP contribution in [0, 0.1) is 0 Å². The fraction of sp³-hybridized carbons (Fsp3) is 0.0385. The molecule has 0 unspecified atom stereocenters. The minimum atomic E-state index is -0.464. The van der Waals surface area contributed by atoms with Crippen molar-refractivity contribution in [3.05, 3.63) is 71.1 Å². The first-order valence-corrected chi connectivity index (χ1v) is 11.7. The van der Waals surface area contributed by atoms with Crippen LogP contribution in [0.25, 0.3) is 54.3 Å². The molecule has 6 aromatic rings. The highest BCUT2D eigenvalue weighted by molar-refractivity contribution is 7.80. The minimum absolute atomic E-state index is 0.0860. The van der Waals surface area contributed by atoms with E-state index in [-0.39, 0.29) is 10.7 Å². The summed E-state index contributed by atoms with van der Waals surface area (Å²) in [6.45, 7) is 0. The Morgan fingerprint density at radius 1 is 0.939 bits per heavy atom. The van der Waals surface area contributed by atoms with Crippen molar-refractivity contribution in [2.24, 2.45) is 0 Å². The summed E-state index contributed by atoms with van der Waals surface area (Å²) in [5.74, 6) is -0.858. The number of carbonyl (C=O) groups excluding carboxylic acids is 2. The van der Waals surface area contributed by atoms with Crippen molar-refractivity contribution in [1.82, 2.24) is 14.6 Å². The van der Waals surface area contributed by atoms with Gasteiger partial charge in [-0.15, -0.1) is 11.3 Å². The number of hydrogen-bond acceptors (Lipinski definition) is 4. The van der Waals surface area contributed by atoms with E-state index in [2.05, 4.69) is 70.4 Å². The second kappa shape index (κ2) is 6.37. The van der Waals surface area contributed by atoms with Crippen molar-refractivity contribution >= 4 is 94.7 Å². The molecule has 3 aromatic heterocycles. The Labute approximate surface area is 196 Å². The maximum Gasteiger partial charge on any atom is 0.265 e. The minimum Gasteiger partial charge on any atom is -0.299 e. The lowest BCUT2D eigenvalue weighted by molar-refractivity contribution is -0.128. The van der Waals surface area contributed by atoms with Gasteiger partial charge in [-0.2, -0.15) is 0 Å². The van der Waals surface area contributed by atoms with Crippen molar-refractivity contribution in [2.75, 3.05) is 7.05 Å². The molecule has 158 valence electrons. The molecule has 0 spiro atoms. The number of fused-ring (bicyclic) bond motifs is 6. The van der Waals surface area contributed by atoms with E-state index in [0.29, 0.717) is 0 Å². The molecule has 0 atom stereocenters. The first-order chi connectivity index (χ1) is 16.0. The maximum absolute atomic E-state index is 12.7. The highest BCUT2D eigenvalue weighted by Gasteiger charge is 2.31. The summed E-state index contributed by atoms with van der Waals surface area (Å²) in [6, 6.07) is 21.3. The highest BCUT2D eigenvalue weighted by atomic mass is 32.1. The average Bonchev–Trinajstić information content (AvgIpc) is 3.39. The number of amides is 2. The van der Waals surface area contributed by atoms with Crippen LogP contribution in [0.4, 0.5) is 0 Å². The normalized spacial score (nSPS) is 16.5. The van der Waals surface area contributed by atoms with E-state index >= 15 is 0 Å². The standard InChI is InChI=1S/C26H15N3O2S2/c1-28-24(31)19(23(30)27-26(28)32)12-14-11-18-16-7-4-5-13-9-10-17-15-6-2-3-8-20(15)29(25(18)33-14)22(17)21(13)16/h2-12H,1H3,(H,27,30,32)/b19-12+. The zero-order valence-electron chi connectivity index (χ0n) is 17.4. The Hall–Kier alpha value is -3.81. The van der Waals surface area contributed by atoms with E-state index < -0.39 is 11.8 Å². The topological polar surface area (TPSA) is 53.8 Å². The molecule has 1 saturated heterocycles. The van der Waals surface area contributed by atoms with Gasteiger partial charge in [-0.05, 0) is 41.2 Å². The van der Waals surface area contributed by atoms with Crippen molar-refractivity contribution in [3.63, 3.8) is 0 Å². The van der Waals surface area contributed by atoms with Crippen LogP contribution >= 0.6 is 23.6 Å². The molecule has 0 radical (unpaired) electrons. The van der Waals surface area contributed by atoms with Gasteiger partial charge in [0, 0.05) is 33.5 Å². The number of thiocarbonyl (C=S) groups is 1. The Bertz CT molecular complexity index is 1880. The van der Waals surface area contributed by atoms with Gasteiger partial charge in [0.2, 0.25) is 0 Å². The van der Waals surface area contributed by atoms with E-state index in [9.17, 15) is 9.59 Å². The molecule has 7 rings (SSSR count). The molecule has 7 heteroatoms. The summed E-state index contributed by atoms with van der Waals surface area (Å²) in [5, 5.41) is 9.83. The Kier molecular flexibility index (Phi) is 3.62. The fourth-order valence-corrected chi connectivity index (χ4v) is 6.29. The number of pyridine rings is 1. The van der Waals surface area contributed by atoms with Gasteiger partial charge in [0.15, 0.2) is 5.11 Å². The van der Waals surface area contributed by atoms with Gasteiger partial charge in [0.25, 0.3) is 11.8 Å². The van der Waals surface area contributed by atoms with E-state index in [0.717, 1.165) is 20.6 Å². The molecule has 4 heterocycles. The predicted molar refractivity (Wildman–Crippen MR) is 138 cm³/mol. The molecule has 1 aliphatic rings. The number of benzene rings is 3. The lowest BCUT2D eigenvalue weighted by Gasteiger charge is -2.24. The molecule has 1 N–H and O–H groups in total. The number of nitrogens with zero attached hydrogens (tertiary/aromatic N) is 2. The lowest BCUT2D eigenvalue weighted by atomic mass is 10.0. The SMILES string of the molecule is CN1C(=O)/C(=C/c2cc3c4cccc5ccc6c7ccccc7n(c3s2)c6c54)C(=O)NC1=S. The number of aromatic nitrogens is 1. The number of thiophene rings is 1. The van der Waals surface area contributed by atoms with E-state index in [1.807, 2.05) is 0 Å². The number of para-hydroxylation sites is 1. The van der Waals surface area contributed by atoms with Crippen LogP contribution in [0.5, 0.6) is 0 Å². The van der Waals surface area contributed by atoms with Crippen LogP contribution in [0.2, 0.25) is 0 Å². The molecule has 5 nitrogen and oxygen atoms in total. The van der Waals surface area contributed by atoms with Gasteiger partial charge in [-0.1, -0.05) is 48.5 Å². The van der Waals surface area contributed by atoms with Gasteiger partial charge < -0.3 is 0 Å². The Morgan fingerprint density at radius 2 is 1.76 bits per heavy atom. The van der Waals surface area contributed by atoms with E-state index in [1.165, 1.54) is 37.3 Å². The molecular weight excluding hydrogens is 450 g/mol. The second-order valence-electron chi connectivity index (χ2n) is 8.27. The first-order valence-electron chi connectivity index (χ1n) is 10.5. The molecule has 0 saturated carbocycles. The first kappa shape index (κ1) is 18.7. The summed E-state index contributed by atoms with van der Waals surface area (Å²) in [4.78, 5) is 28.5. The fourth-order valence-electron chi connectivity index (χ4n) is 4.98. The average molecular weight is 466 g/mol. The molecule has 0 bridgehead atoms. The Balaban J connectivity index is 1.62. The molecular formula is C26H15N3O2S2. The van der Waals surface area contributed by atoms with Gasteiger partial charge in [0.05, 0.1) is 11.0 Å². The van der Waals surface area contributed by atoms with Crippen molar-refractivity contribution < 1.29 is 9.59 Å². The largest absolute Gasteiger partial charge is 0.299 e. The molecule has 33 heavy (non-hydrogen) atoms. The zero-order chi connectivity index (χ0) is 22.4. The Morgan fingerprint density at radius 3 is 2.64 bits per heavy atom. The van der Waals surface area contributed by atoms with Crippen LogP contribution in [0.15, 0.2) is 66.2 Å². The maximum atomic E-state index is 12.7. The summed E-state index contributed by atoms with van der Waals surface area (Å²) in [5.41, 5.74) is 2.44. The van der Waals surface area contributed by atoms with Gasteiger partial charge in [-0.3, -0.25) is 24.2 Å². The third-order valence-corrected chi connectivity index (χ3v) is 7.94. The zero-order valence-corrected chi connectivity index (χ0v) is 19.0. The number of rotatable bonds is 1. The van der Waals surface area contributed by atoms with Gasteiger partial charge in [0.1, 0.15) is 10.4 Å². The second-order valence-corrected chi connectivity index (χ2v) is 9.72. The summed E-state index contributed by atoms with van der Waals surface area (Å²) >= 11 is 6.64. The van der Waals surface area contributed by atoms with E-state index in [1.54, 1.807) is 24.5 Å². The van der Waals surface area contributed by atoms with Crippen molar-refractivity contribution in [2.45, 2.75) is 0 Å². The number of carbonyl (C=O) groups is 2. The number of hydrogen-bond donors (Lipinski definition) is 1. The summed E-state index contributed by atoms with van der Waals surface area (Å²) in [6.07, 6.45) is 1.67. The highest BCUT2D eigenvalue weighted by Crippen LogP contribution is 2.43. The molecule has 1 fully saturated rings. The summed E-state index contributed by atoms with van der Waals surface area (Å²) < 4.78 is 2.33. The smallest absolute Gasteiger partial charge is 0.265 e. The predicted octanol–water partition coefficient (Wildman–Crippen LogP) is 5.31.